The molecule has 0 fully saturated rings. The second-order valence-electron chi connectivity index (χ2n) is 8.25. The maximum absolute atomic E-state index is 15.3. The number of amides is 1. The first-order chi connectivity index (χ1) is 16.8. The number of carbonyl (C=O) groups is 1. The highest BCUT2D eigenvalue weighted by molar-refractivity contribution is 6.31. The summed E-state index contributed by atoms with van der Waals surface area (Å²) in [5.74, 6) is -2.32. The van der Waals surface area contributed by atoms with Gasteiger partial charge in [0, 0.05) is 29.7 Å². The molecule has 0 saturated carbocycles. The summed E-state index contributed by atoms with van der Waals surface area (Å²) in [5, 5.41) is 2.57. The molecule has 0 spiro atoms. The standard InChI is InChI=1S/C24H22Cl2F4N4O2/c1-11(2)36-21-15(12(3)23(35)34-13(4)20-22(26)32-8-7-31-20)9-16(25)19(27)18(21)14-5-6-17(33-10-14)24(28,29)30/h5-13H,1-4H3,(H,34,35). The van der Waals surface area contributed by atoms with E-state index < -0.39 is 41.7 Å². The third kappa shape index (κ3) is 6.04. The second kappa shape index (κ2) is 11.0. The number of alkyl halides is 3. The van der Waals surface area contributed by atoms with E-state index >= 15 is 4.39 Å². The quantitative estimate of drug-likeness (QED) is 0.332. The van der Waals surface area contributed by atoms with Crippen molar-refractivity contribution in [1.82, 2.24) is 20.3 Å². The Balaban J connectivity index is 2.06. The highest BCUT2D eigenvalue weighted by Gasteiger charge is 2.33. The largest absolute Gasteiger partial charge is 0.490 e. The molecule has 0 aliphatic rings. The fraction of sp³-hybridized carbons (Fsp3) is 0.333. The van der Waals surface area contributed by atoms with Crippen molar-refractivity contribution in [2.75, 3.05) is 0 Å². The second-order valence-corrected chi connectivity index (χ2v) is 9.01. The zero-order valence-corrected chi connectivity index (χ0v) is 21.1. The predicted octanol–water partition coefficient (Wildman–Crippen LogP) is 6.77. The number of hydrogen-bond acceptors (Lipinski definition) is 5. The van der Waals surface area contributed by atoms with Gasteiger partial charge < -0.3 is 10.1 Å². The van der Waals surface area contributed by atoms with Crippen molar-refractivity contribution in [1.29, 1.82) is 0 Å². The molecule has 36 heavy (non-hydrogen) atoms. The average molecular weight is 545 g/mol. The molecule has 0 saturated heterocycles. The summed E-state index contributed by atoms with van der Waals surface area (Å²) in [6, 6.07) is 2.46. The molecule has 0 aliphatic carbocycles. The van der Waals surface area contributed by atoms with Crippen molar-refractivity contribution >= 4 is 29.1 Å². The van der Waals surface area contributed by atoms with Crippen molar-refractivity contribution in [2.24, 2.45) is 0 Å². The van der Waals surface area contributed by atoms with Crippen molar-refractivity contribution in [3.63, 3.8) is 0 Å². The summed E-state index contributed by atoms with van der Waals surface area (Å²) in [5.41, 5.74) is -0.735. The van der Waals surface area contributed by atoms with Crippen molar-refractivity contribution in [3.8, 4) is 16.9 Å². The maximum atomic E-state index is 15.3. The Bertz CT molecular complexity index is 1250. The van der Waals surface area contributed by atoms with Crippen molar-refractivity contribution < 1.29 is 27.1 Å². The Labute approximate surface area is 215 Å². The summed E-state index contributed by atoms with van der Waals surface area (Å²) >= 11 is 12.2. The Kier molecular flexibility index (Phi) is 8.40. The number of halogens is 6. The van der Waals surface area contributed by atoms with Crippen molar-refractivity contribution in [3.05, 3.63) is 69.7 Å². The Morgan fingerprint density at radius 2 is 1.72 bits per heavy atom. The molecule has 0 aliphatic heterocycles. The van der Waals surface area contributed by atoms with Crippen LogP contribution in [-0.4, -0.2) is 27.0 Å². The number of nitrogens with one attached hydrogen (secondary N) is 1. The van der Waals surface area contributed by atoms with Gasteiger partial charge in [-0.1, -0.05) is 29.3 Å². The number of ether oxygens (including phenoxy) is 1. The molecular formula is C24H22Cl2F4N4O2. The molecule has 2 heterocycles. The van der Waals surface area contributed by atoms with E-state index in [-0.39, 0.29) is 32.6 Å². The van der Waals surface area contributed by atoms with E-state index in [0.717, 1.165) is 18.3 Å². The average Bonchev–Trinajstić information content (AvgIpc) is 2.80. The van der Waals surface area contributed by atoms with E-state index in [1.807, 2.05) is 0 Å². The Morgan fingerprint density at radius 3 is 2.28 bits per heavy atom. The van der Waals surface area contributed by atoms with Crippen LogP contribution in [0.3, 0.4) is 0 Å². The van der Waals surface area contributed by atoms with Gasteiger partial charge in [0.2, 0.25) is 5.91 Å². The zero-order valence-electron chi connectivity index (χ0n) is 19.6. The van der Waals surface area contributed by atoms with Crippen LogP contribution in [-0.2, 0) is 11.0 Å². The molecular weight excluding hydrogens is 523 g/mol. The lowest BCUT2D eigenvalue weighted by atomic mass is 9.93. The molecule has 3 aromatic rings. The molecule has 0 bridgehead atoms. The summed E-state index contributed by atoms with van der Waals surface area (Å²) in [7, 11) is 0. The summed E-state index contributed by atoms with van der Waals surface area (Å²) in [4.78, 5) is 24.6. The topological polar surface area (TPSA) is 77.0 Å². The van der Waals surface area contributed by atoms with Gasteiger partial charge in [0.25, 0.3) is 0 Å². The summed E-state index contributed by atoms with van der Waals surface area (Å²) < 4.78 is 60.1. The first kappa shape index (κ1) is 27.6. The van der Waals surface area contributed by atoms with Crippen LogP contribution in [0.2, 0.25) is 10.2 Å². The van der Waals surface area contributed by atoms with Crippen LogP contribution in [0.15, 0.2) is 36.8 Å². The molecule has 12 heteroatoms. The van der Waals surface area contributed by atoms with E-state index in [1.165, 1.54) is 18.5 Å². The number of rotatable bonds is 7. The number of pyridine rings is 1. The summed E-state index contributed by atoms with van der Waals surface area (Å²) in [6.07, 6.45) is -1.39. The van der Waals surface area contributed by atoms with E-state index in [2.05, 4.69) is 20.3 Å². The lowest BCUT2D eigenvalue weighted by Gasteiger charge is -2.24. The highest BCUT2D eigenvalue weighted by atomic mass is 35.5. The molecule has 1 amide bonds. The van der Waals surface area contributed by atoms with Crippen molar-refractivity contribution in [2.45, 2.75) is 51.9 Å². The van der Waals surface area contributed by atoms with E-state index in [0.29, 0.717) is 5.69 Å². The molecule has 1 N–H and O–H groups in total. The molecule has 2 aromatic heterocycles. The first-order valence-electron chi connectivity index (χ1n) is 10.8. The van der Waals surface area contributed by atoms with Gasteiger partial charge >= 0.3 is 6.18 Å². The third-order valence-electron chi connectivity index (χ3n) is 5.21. The van der Waals surface area contributed by atoms with Gasteiger partial charge in [0.1, 0.15) is 11.4 Å². The number of hydrogen-bond donors (Lipinski definition) is 1. The van der Waals surface area contributed by atoms with Gasteiger partial charge in [-0.2, -0.15) is 13.2 Å². The predicted molar refractivity (Wildman–Crippen MR) is 127 cm³/mol. The molecule has 2 unspecified atom stereocenters. The van der Waals surface area contributed by atoms with Gasteiger partial charge in [0.05, 0.1) is 34.3 Å². The van der Waals surface area contributed by atoms with Gasteiger partial charge in [-0.3, -0.25) is 14.8 Å². The monoisotopic (exact) mass is 544 g/mol. The van der Waals surface area contributed by atoms with Gasteiger partial charge in [0.15, 0.2) is 11.0 Å². The van der Waals surface area contributed by atoms with Crippen LogP contribution >= 0.6 is 23.2 Å². The number of aromatic nitrogens is 3. The number of nitrogens with zero attached hydrogens (tertiary/aromatic N) is 3. The minimum atomic E-state index is -4.66. The maximum Gasteiger partial charge on any atom is 0.433 e. The number of carbonyl (C=O) groups excluding carboxylic acids is 1. The molecule has 1 aromatic carbocycles. The van der Waals surface area contributed by atoms with Crippen LogP contribution < -0.4 is 10.1 Å². The fourth-order valence-electron chi connectivity index (χ4n) is 3.45. The number of benzene rings is 1. The lowest BCUT2D eigenvalue weighted by molar-refractivity contribution is -0.141. The van der Waals surface area contributed by atoms with Gasteiger partial charge in [-0.15, -0.1) is 0 Å². The van der Waals surface area contributed by atoms with Gasteiger partial charge in [-0.25, -0.2) is 9.37 Å². The van der Waals surface area contributed by atoms with E-state index in [1.54, 1.807) is 27.7 Å². The van der Waals surface area contributed by atoms with E-state index in [9.17, 15) is 18.0 Å². The minimum absolute atomic E-state index is 0.00668. The summed E-state index contributed by atoms with van der Waals surface area (Å²) in [6.45, 7) is 6.61. The third-order valence-corrected chi connectivity index (χ3v) is 5.77. The lowest BCUT2D eigenvalue weighted by Crippen LogP contribution is -2.31. The van der Waals surface area contributed by atoms with Crippen LogP contribution in [0, 0.1) is 5.82 Å². The highest BCUT2D eigenvalue weighted by Crippen LogP contribution is 2.43. The normalized spacial score (nSPS) is 13.4. The Morgan fingerprint density at radius 1 is 1.06 bits per heavy atom. The van der Waals surface area contributed by atoms with Crippen LogP contribution in [0.1, 0.15) is 56.6 Å². The molecule has 6 nitrogen and oxygen atoms in total. The van der Waals surface area contributed by atoms with Crippen LogP contribution in [0.5, 0.6) is 5.75 Å². The smallest absolute Gasteiger partial charge is 0.433 e. The first-order valence-corrected chi connectivity index (χ1v) is 11.6. The molecule has 3 rings (SSSR count). The van der Waals surface area contributed by atoms with E-state index in [4.69, 9.17) is 27.9 Å². The molecule has 2 atom stereocenters. The zero-order chi connectivity index (χ0) is 26.8. The van der Waals surface area contributed by atoms with Crippen LogP contribution in [0.25, 0.3) is 11.1 Å². The molecule has 0 radical (unpaired) electrons. The minimum Gasteiger partial charge on any atom is -0.490 e. The Hall–Kier alpha value is -2.98. The van der Waals surface area contributed by atoms with Crippen LogP contribution in [0.4, 0.5) is 17.6 Å². The SMILES string of the molecule is CC(C)Oc1c(C(C)C(=O)NC(C)c2nccnc2Cl)cc(Cl)c(F)c1-c1ccc(C(F)(F)F)nc1. The van der Waals surface area contributed by atoms with Gasteiger partial charge in [-0.05, 0) is 39.8 Å². The molecule has 192 valence electrons. The fourth-order valence-corrected chi connectivity index (χ4v) is 3.93.